The van der Waals surface area contributed by atoms with Crippen LogP contribution in [0.15, 0.2) is 51.8 Å². The minimum atomic E-state index is -3.53. The van der Waals surface area contributed by atoms with Crippen molar-refractivity contribution in [2.75, 3.05) is 31.6 Å². The second-order valence-electron chi connectivity index (χ2n) is 7.16. The van der Waals surface area contributed by atoms with E-state index in [9.17, 15) is 13.2 Å². The molecule has 3 rings (SSSR count). The standard InChI is InChI=1S/C22H27BrN2O5S/c1-3-25(4-2)31(27,28)19-10-8-17(9-11-19)24-22(26)16-7-12-21(20(23)14-16)30-15-18-6-5-13-29-18/h7-12,14,18H,3-6,13,15H2,1-2H3,(H,24,26). The van der Waals surface area contributed by atoms with E-state index in [1.807, 2.05) is 0 Å². The van der Waals surface area contributed by atoms with E-state index in [4.69, 9.17) is 9.47 Å². The molecule has 0 saturated carbocycles. The maximum Gasteiger partial charge on any atom is 0.255 e. The Morgan fingerprint density at radius 2 is 1.90 bits per heavy atom. The zero-order valence-electron chi connectivity index (χ0n) is 17.6. The van der Waals surface area contributed by atoms with Crippen LogP contribution in [0.5, 0.6) is 5.75 Å². The minimum absolute atomic E-state index is 0.114. The second kappa shape index (κ2) is 10.6. The van der Waals surface area contributed by atoms with Crippen LogP contribution in [0, 0.1) is 0 Å². The van der Waals surface area contributed by atoms with E-state index >= 15 is 0 Å². The number of halogens is 1. The molecule has 1 heterocycles. The largest absolute Gasteiger partial charge is 0.490 e. The molecule has 1 unspecified atom stereocenters. The molecule has 1 aliphatic rings. The molecule has 0 spiro atoms. The average Bonchev–Trinajstić information content (AvgIpc) is 3.27. The highest BCUT2D eigenvalue weighted by Gasteiger charge is 2.21. The van der Waals surface area contributed by atoms with Crippen LogP contribution in [0.1, 0.15) is 37.0 Å². The lowest BCUT2D eigenvalue weighted by Gasteiger charge is -2.18. The summed E-state index contributed by atoms with van der Waals surface area (Å²) in [6.07, 6.45) is 2.16. The van der Waals surface area contributed by atoms with Crippen LogP contribution in [0.2, 0.25) is 0 Å². The van der Waals surface area contributed by atoms with Crippen LogP contribution in [0.3, 0.4) is 0 Å². The highest BCUT2D eigenvalue weighted by Crippen LogP contribution is 2.27. The molecule has 1 saturated heterocycles. The van der Waals surface area contributed by atoms with Crippen molar-refractivity contribution < 1.29 is 22.7 Å². The third-order valence-electron chi connectivity index (χ3n) is 5.10. The van der Waals surface area contributed by atoms with E-state index in [0.29, 0.717) is 41.2 Å². The molecular weight excluding hydrogens is 484 g/mol. The average molecular weight is 511 g/mol. The number of sulfonamides is 1. The van der Waals surface area contributed by atoms with Gasteiger partial charge >= 0.3 is 0 Å². The molecule has 2 aromatic rings. The van der Waals surface area contributed by atoms with Gasteiger partial charge in [-0.05, 0) is 71.2 Å². The smallest absolute Gasteiger partial charge is 0.255 e. The number of nitrogens with one attached hydrogen (secondary N) is 1. The SMILES string of the molecule is CCN(CC)S(=O)(=O)c1ccc(NC(=O)c2ccc(OCC3CCCO3)c(Br)c2)cc1. The molecule has 1 amide bonds. The second-order valence-corrected chi connectivity index (χ2v) is 9.95. The van der Waals surface area contributed by atoms with Gasteiger partial charge < -0.3 is 14.8 Å². The van der Waals surface area contributed by atoms with Crippen molar-refractivity contribution in [3.8, 4) is 5.75 Å². The van der Waals surface area contributed by atoms with E-state index in [-0.39, 0.29) is 16.9 Å². The van der Waals surface area contributed by atoms with Gasteiger partial charge in [0.15, 0.2) is 0 Å². The summed E-state index contributed by atoms with van der Waals surface area (Å²) in [5, 5.41) is 2.79. The number of hydrogen-bond acceptors (Lipinski definition) is 5. The molecule has 1 aliphatic heterocycles. The van der Waals surface area contributed by atoms with E-state index in [1.165, 1.54) is 16.4 Å². The molecule has 1 N–H and O–H groups in total. The van der Waals surface area contributed by atoms with Gasteiger partial charge in [-0.2, -0.15) is 4.31 Å². The molecule has 0 aliphatic carbocycles. The summed E-state index contributed by atoms with van der Waals surface area (Å²) in [5.74, 6) is 0.351. The molecule has 0 bridgehead atoms. The van der Waals surface area contributed by atoms with E-state index in [2.05, 4.69) is 21.2 Å². The molecule has 7 nitrogen and oxygen atoms in total. The zero-order chi connectivity index (χ0) is 22.4. The lowest BCUT2D eigenvalue weighted by Crippen LogP contribution is -2.30. The van der Waals surface area contributed by atoms with Gasteiger partial charge in [-0.15, -0.1) is 0 Å². The number of hydrogen-bond donors (Lipinski definition) is 1. The molecule has 9 heteroatoms. The van der Waals surface area contributed by atoms with Gasteiger partial charge in [0.1, 0.15) is 12.4 Å². The van der Waals surface area contributed by atoms with Gasteiger partial charge in [0, 0.05) is 30.9 Å². The van der Waals surface area contributed by atoms with Crippen LogP contribution in [-0.4, -0.2) is 51.0 Å². The predicted octanol–water partition coefficient (Wildman–Crippen LogP) is 4.29. The summed E-state index contributed by atoms with van der Waals surface area (Å²) in [6, 6.07) is 11.3. The van der Waals surface area contributed by atoms with Crippen molar-refractivity contribution in [2.24, 2.45) is 0 Å². The fraction of sp³-hybridized carbons (Fsp3) is 0.409. The maximum atomic E-state index is 12.6. The number of amides is 1. The van der Waals surface area contributed by atoms with Crippen molar-refractivity contribution in [3.63, 3.8) is 0 Å². The van der Waals surface area contributed by atoms with E-state index in [1.54, 1.807) is 44.2 Å². The normalized spacial score (nSPS) is 16.5. The van der Waals surface area contributed by atoms with Crippen LogP contribution < -0.4 is 10.1 Å². The molecule has 0 aromatic heterocycles. The van der Waals surface area contributed by atoms with Crippen LogP contribution in [-0.2, 0) is 14.8 Å². The molecular formula is C22H27BrN2O5S. The van der Waals surface area contributed by atoms with Gasteiger partial charge in [-0.1, -0.05) is 13.8 Å². The minimum Gasteiger partial charge on any atom is -0.490 e. The van der Waals surface area contributed by atoms with Crippen molar-refractivity contribution in [1.29, 1.82) is 0 Å². The quantitative estimate of drug-likeness (QED) is 0.543. The van der Waals surface area contributed by atoms with Crippen molar-refractivity contribution in [2.45, 2.75) is 37.7 Å². The molecule has 0 radical (unpaired) electrons. The Hall–Kier alpha value is -1.94. The number of ether oxygens (including phenoxy) is 2. The van der Waals surface area contributed by atoms with Crippen LogP contribution in [0.4, 0.5) is 5.69 Å². The van der Waals surface area contributed by atoms with Crippen LogP contribution in [0.25, 0.3) is 0 Å². The summed E-state index contributed by atoms with van der Waals surface area (Å²) in [5.41, 5.74) is 0.967. The van der Waals surface area contributed by atoms with Gasteiger partial charge in [0.2, 0.25) is 10.0 Å². The first kappa shape index (κ1) is 23.7. The fourth-order valence-corrected chi connectivity index (χ4v) is 5.29. The monoisotopic (exact) mass is 510 g/mol. The first-order chi connectivity index (χ1) is 14.8. The van der Waals surface area contributed by atoms with Gasteiger partial charge in [0.05, 0.1) is 15.5 Å². The first-order valence-electron chi connectivity index (χ1n) is 10.3. The number of carbonyl (C=O) groups is 1. The van der Waals surface area contributed by atoms with Crippen molar-refractivity contribution in [3.05, 3.63) is 52.5 Å². The lowest BCUT2D eigenvalue weighted by molar-refractivity contribution is 0.0677. The Morgan fingerprint density at radius 1 is 1.19 bits per heavy atom. The summed E-state index contributed by atoms with van der Waals surface area (Å²) >= 11 is 3.45. The third kappa shape index (κ3) is 5.85. The highest BCUT2D eigenvalue weighted by molar-refractivity contribution is 9.10. The third-order valence-corrected chi connectivity index (χ3v) is 7.78. The fourth-order valence-electron chi connectivity index (χ4n) is 3.34. The summed E-state index contributed by atoms with van der Waals surface area (Å²) in [4.78, 5) is 12.8. The number of rotatable bonds is 9. The molecule has 31 heavy (non-hydrogen) atoms. The zero-order valence-corrected chi connectivity index (χ0v) is 20.0. The Balaban J connectivity index is 1.63. The predicted molar refractivity (Wildman–Crippen MR) is 123 cm³/mol. The Bertz CT molecular complexity index is 1000. The Kier molecular flexibility index (Phi) is 8.10. The Morgan fingerprint density at radius 3 is 2.48 bits per heavy atom. The lowest BCUT2D eigenvalue weighted by atomic mass is 10.2. The topological polar surface area (TPSA) is 84.9 Å². The molecule has 168 valence electrons. The maximum absolute atomic E-state index is 12.6. The molecule has 1 fully saturated rings. The summed E-state index contributed by atoms with van der Waals surface area (Å²) in [7, 11) is -3.53. The van der Waals surface area contributed by atoms with E-state index < -0.39 is 10.0 Å². The van der Waals surface area contributed by atoms with Crippen LogP contribution >= 0.6 is 15.9 Å². The number of anilines is 1. The Labute approximate surface area is 191 Å². The van der Waals surface area contributed by atoms with Gasteiger partial charge in [-0.3, -0.25) is 4.79 Å². The van der Waals surface area contributed by atoms with Crippen molar-refractivity contribution in [1.82, 2.24) is 4.31 Å². The van der Waals surface area contributed by atoms with Gasteiger partial charge in [-0.25, -0.2) is 8.42 Å². The number of carbonyl (C=O) groups excluding carboxylic acids is 1. The summed E-state index contributed by atoms with van der Waals surface area (Å²) < 4.78 is 38.6. The van der Waals surface area contributed by atoms with Crippen molar-refractivity contribution >= 4 is 37.5 Å². The highest BCUT2D eigenvalue weighted by atomic mass is 79.9. The van der Waals surface area contributed by atoms with Gasteiger partial charge in [0.25, 0.3) is 5.91 Å². The number of nitrogens with zero attached hydrogens (tertiary/aromatic N) is 1. The first-order valence-corrected chi connectivity index (χ1v) is 12.5. The summed E-state index contributed by atoms with van der Waals surface area (Å²) in [6.45, 7) is 5.65. The molecule has 1 atom stereocenters. The number of benzene rings is 2. The molecule has 2 aromatic carbocycles. The van der Waals surface area contributed by atoms with E-state index in [0.717, 1.165) is 19.4 Å².